The van der Waals surface area contributed by atoms with Crippen LogP contribution in [-0.2, 0) is 6.54 Å². The van der Waals surface area contributed by atoms with E-state index in [0.29, 0.717) is 12.1 Å². The van der Waals surface area contributed by atoms with E-state index in [-0.39, 0.29) is 11.9 Å². The van der Waals surface area contributed by atoms with E-state index in [1.54, 1.807) is 0 Å². The first-order valence-corrected chi connectivity index (χ1v) is 7.46. The molecule has 4 nitrogen and oxygen atoms in total. The smallest absolute Gasteiger partial charge is 0.251 e. The molecule has 2 aromatic rings. The van der Waals surface area contributed by atoms with Crippen molar-refractivity contribution in [3.05, 3.63) is 59.2 Å². The first-order valence-electron chi connectivity index (χ1n) is 7.46. The molecule has 0 aliphatic heterocycles. The van der Waals surface area contributed by atoms with Gasteiger partial charge in [0.1, 0.15) is 0 Å². The van der Waals surface area contributed by atoms with E-state index in [0.717, 1.165) is 22.5 Å². The number of hydrogen-bond acceptors (Lipinski definition) is 3. The summed E-state index contributed by atoms with van der Waals surface area (Å²) in [4.78, 5) is 12.2. The van der Waals surface area contributed by atoms with Gasteiger partial charge in [-0.3, -0.25) is 4.79 Å². The highest BCUT2D eigenvalue weighted by Gasteiger charge is 2.12. The van der Waals surface area contributed by atoms with Crippen molar-refractivity contribution in [3.63, 3.8) is 0 Å². The molecule has 0 saturated carbocycles. The molecule has 0 aromatic heterocycles. The summed E-state index contributed by atoms with van der Waals surface area (Å²) in [6.45, 7) is 6.56. The summed E-state index contributed by atoms with van der Waals surface area (Å²) in [5, 5.41) is 6.30. The number of anilines is 2. The van der Waals surface area contributed by atoms with E-state index in [1.165, 1.54) is 0 Å². The molecule has 0 unspecified atom stereocenters. The third-order valence-corrected chi connectivity index (χ3v) is 3.46. The third-order valence-electron chi connectivity index (χ3n) is 3.46. The largest absolute Gasteiger partial charge is 0.399 e. The maximum Gasteiger partial charge on any atom is 0.251 e. The van der Waals surface area contributed by atoms with Crippen molar-refractivity contribution in [2.24, 2.45) is 0 Å². The number of amides is 1. The lowest BCUT2D eigenvalue weighted by Crippen LogP contribution is -2.30. The topological polar surface area (TPSA) is 67.1 Å². The lowest BCUT2D eigenvalue weighted by molar-refractivity contribution is 0.0942. The molecule has 2 aromatic carbocycles. The van der Waals surface area contributed by atoms with Crippen LogP contribution in [0, 0.1) is 6.92 Å². The van der Waals surface area contributed by atoms with Gasteiger partial charge in [-0.15, -0.1) is 0 Å². The van der Waals surface area contributed by atoms with Gasteiger partial charge >= 0.3 is 0 Å². The molecule has 0 bridgehead atoms. The van der Waals surface area contributed by atoms with Gasteiger partial charge in [-0.25, -0.2) is 0 Å². The maximum atomic E-state index is 12.2. The van der Waals surface area contributed by atoms with Crippen molar-refractivity contribution in [1.82, 2.24) is 5.32 Å². The first kappa shape index (κ1) is 15.9. The highest BCUT2D eigenvalue weighted by Crippen LogP contribution is 2.20. The van der Waals surface area contributed by atoms with Crippen molar-refractivity contribution in [2.75, 3.05) is 11.1 Å². The second-order valence-corrected chi connectivity index (χ2v) is 5.70. The average molecular weight is 297 g/mol. The van der Waals surface area contributed by atoms with Crippen molar-refractivity contribution >= 4 is 17.3 Å². The van der Waals surface area contributed by atoms with Gasteiger partial charge in [0.2, 0.25) is 0 Å². The second-order valence-electron chi connectivity index (χ2n) is 5.70. The number of nitrogen functional groups attached to an aromatic ring is 1. The molecule has 4 N–H and O–H groups in total. The Morgan fingerprint density at radius 3 is 2.45 bits per heavy atom. The van der Waals surface area contributed by atoms with Crippen LogP contribution in [-0.4, -0.2) is 11.9 Å². The summed E-state index contributed by atoms with van der Waals surface area (Å²) in [5.74, 6) is -0.0383. The van der Waals surface area contributed by atoms with Crippen LogP contribution in [0.15, 0.2) is 42.5 Å². The Hall–Kier alpha value is -2.49. The Balaban J connectivity index is 2.11. The zero-order valence-corrected chi connectivity index (χ0v) is 13.3. The molecule has 2 rings (SSSR count). The quantitative estimate of drug-likeness (QED) is 0.742. The summed E-state index contributed by atoms with van der Waals surface area (Å²) in [7, 11) is 0. The fourth-order valence-electron chi connectivity index (χ4n) is 2.25. The van der Waals surface area contributed by atoms with E-state index in [1.807, 2.05) is 63.2 Å². The zero-order chi connectivity index (χ0) is 16.1. The Kier molecular flexibility index (Phi) is 5.04. The Labute approximate surface area is 131 Å². The zero-order valence-electron chi connectivity index (χ0n) is 13.3. The molecule has 0 saturated heterocycles. The van der Waals surface area contributed by atoms with Gasteiger partial charge in [-0.2, -0.15) is 0 Å². The second kappa shape index (κ2) is 6.98. The minimum Gasteiger partial charge on any atom is -0.399 e. The molecule has 0 fully saturated rings. The maximum absolute atomic E-state index is 12.2. The van der Waals surface area contributed by atoms with Gasteiger partial charge in [0, 0.05) is 29.5 Å². The van der Waals surface area contributed by atoms with Crippen LogP contribution >= 0.6 is 0 Å². The Morgan fingerprint density at radius 2 is 1.82 bits per heavy atom. The molecule has 116 valence electrons. The van der Waals surface area contributed by atoms with Gasteiger partial charge in [0.05, 0.1) is 0 Å². The first-order chi connectivity index (χ1) is 10.5. The molecule has 0 atom stereocenters. The highest BCUT2D eigenvalue weighted by atomic mass is 16.1. The lowest BCUT2D eigenvalue weighted by Gasteiger charge is -2.15. The number of nitrogens with two attached hydrogens (primary N) is 1. The van der Waals surface area contributed by atoms with E-state index in [4.69, 9.17) is 5.73 Å². The summed E-state index contributed by atoms with van der Waals surface area (Å²) in [6.07, 6.45) is 0. The lowest BCUT2D eigenvalue weighted by atomic mass is 10.1. The van der Waals surface area contributed by atoms with Gasteiger partial charge in [-0.1, -0.05) is 18.2 Å². The normalized spacial score (nSPS) is 10.5. The monoisotopic (exact) mass is 297 g/mol. The Bertz CT molecular complexity index is 648. The van der Waals surface area contributed by atoms with Crippen molar-refractivity contribution in [2.45, 2.75) is 33.4 Å². The van der Waals surface area contributed by atoms with Crippen LogP contribution in [0.5, 0.6) is 0 Å². The molecule has 0 aliphatic carbocycles. The molecular formula is C18H23N3O. The van der Waals surface area contributed by atoms with Gasteiger partial charge in [0.15, 0.2) is 0 Å². The molecule has 0 heterocycles. The van der Waals surface area contributed by atoms with E-state index in [2.05, 4.69) is 10.6 Å². The third kappa shape index (κ3) is 4.01. The summed E-state index contributed by atoms with van der Waals surface area (Å²) < 4.78 is 0. The summed E-state index contributed by atoms with van der Waals surface area (Å²) >= 11 is 0. The number of carbonyl (C=O) groups excluding carboxylic acids is 1. The minimum atomic E-state index is -0.0383. The van der Waals surface area contributed by atoms with Crippen molar-refractivity contribution in [3.8, 4) is 0 Å². The molecular weight excluding hydrogens is 274 g/mol. The highest BCUT2D eigenvalue weighted by molar-refractivity contribution is 5.97. The Morgan fingerprint density at radius 1 is 1.14 bits per heavy atom. The van der Waals surface area contributed by atoms with Crippen molar-refractivity contribution < 1.29 is 4.79 Å². The van der Waals surface area contributed by atoms with Crippen LogP contribution < -0.4 is 16.4 Å². The van der Waals surface area contributed by atoms with Crippen LogP contribution in [0.1, 0.15) is 35.3 Å². The summed E-state index contributed by atoms with van der Waals surface area (Å²) in [5.41, 5.74) is 10.2. The minimum absolute atomic E-state index is 0.0383. The van der Waals surface area contributed by atoms with E-state index < -0.39 is 0 Å². The average Bonchev–Trinajstić information content (AvgIpc) is 2.47. The van der Waals surface area contributed by atoms with Gasteiger partial charge in [-0.05, 0) is 56.2 Å². The predicted octanol–water partition coefficient (Wildman–Crippen LogP) is 3.33. The number of rotatable bonds is 5. The SMILES string of the molecule is Cc1c(NCc2ccc(N)cc2)cccc1C(=O)NC(C)C. The van der Waals surface area contributed by atoms with E-state index in [9.17, 15) is 4.79 Å². The predicted molar refractivity (Wildman–Crippen MR) is 92.0 cm³/mol. The number of nitrogens with one attached hydrogen (secondary N) is 2. The van der Waals surface area contributed by atoms with Crippen LogP contribution in [0.2, 0.25) is 0 Å². The standard InChI is InChI=1S/C18H23N3O/c1-12(2)21-18(22)16-5-4-6-17(13(16)3)20-11-14-7-9-15(19)10-8-14/h4-10,12,20H,11,19H2,1-3H3,(H,21,22). The number of carbonyl (C=O) groups is 1. The van der Waals surface area contributed by atoms with Crippen LogP contribution in [0.3, 0.4) is 0 Å². The fraction of sp³-hybridized carbons (Fsp3) is 0.278. The fourth-order valence-corrected chi connectivity index (χ4v) is 2.25. The molecule has 0 spiro atoms. The number of hydrogen-bond donors (Lipinski definition) is 3. The number of benzene rings is 2. The molecule has 1 amide bonds. The van der Waals surface area contributed by atoms with E-state index >= 15 is 0 Å². The molecule has 0 radical (unpaired) electrons. The van der Waals surface area contributed by atoms with Gasteiger partial charge < -0.3 is 16.4 Å². The van der Waals surface area contributed by atoms with Gasteiger partial charge in [0.25, 0.3) is 5.91 Å². The molecule has 22 heavy (non-hydrogen) atoms. The van der Waals surface area contributed by atoms with Crippen molar-refractivity contribution in [1.29, 1.82) is 0 Å². The van der Waals surface area contributed by atoms with Crippen LogP contribution in [0.25, 0.3) is 0 Å². The van der Waals surface area contributed by atoms with Crippen LogP contribution in [0.4, 0.5) is 11.4 Å². The summed E-state index contributed by atoms with van der Waals surface area (Å²) in [6, 6.07) is 13.6. The molecule has 0 aliphatic rings. The molecule has 4 heteroatoms.